The van der Waals surface area contributed by atoms with E-state index in [2.05, 4.69) is 19.9 Å². The Bertz CT molecular complexity index is 347. The standard InChI is InChI=1S/C20H34O/c1-3-5-6-8-18-13-14-19(15-20(18)21)17-11-9-16(7-4-2)10-12-17/h15-18H,3-14H2,1-2H3/t16-,17-,18?. The molecule has 1 fully saturated rings. The lowest BCUT2D eigenvalue weighted by Gasteiger charge is -2.32. The summed E-state index contributed by atoms with van der Waals surface area (Å²) >= 11 is 0. The Morgan fingerprint density at radius 3 is 2.33 bits per heavy atom. The molecule has 2 rings (SSSR count). The normalized spacial score (nSPS) is 30.3. The zero-order chi connectivity index (χ0) is 15.1. The van der Waals surface area contributed by atoms with Crippen molar-refractivity contribution in [1.82, 2.24) is 0 Å². The topological polar surface area (TPSA) is 17.1 Å². The number of rotatable bonds is 7. The molecule has 0 N–H and O–H groups in total. The van der Waals surface area contributed by atoms with Gasteiger partial charge in [0.2, 0.25) is 0 Å². The average Bonchev–Trinajstić information content (AvgIpc) is 2.50. The Labute approximate surface area is 131 Å². The fraction of sp³-hybridized carbons (Fsp3) is 0.850. The van der Waals surface area contributed by atoms with Gasteiger partial charge in [0.15, 0.2) is 5.78 Å². The van der Waals surface area contributed by atoms with E-state index in [1.54, 1.807) is 0 Å². The van der Waals surface area contributed by atoms with Gasteiger partial charge in [-0.1, -0.05) is 51.5 Å². The highest BCUT2D eigenvalue weighted by molar-refractivity contribution is 5.93. The number of hydrogen-bond donors (Lipinski definition) is 0. The van der Waals surface area contributed by atoms with Crippen LogP contribution in [0.15, 0.2) is 11.6 Å². The molecule has 21 heavy (non-hydrogen) atoms. The van der Waals surface area contributed by atoms with Crippen molar-refractivity contribution in [2.45, 2.75) is 90.9 Å². The molecule has 0 aromatic heterocycles. The second-order valence-electron chi connectivity index (χ2n) is 7.36. The molecule has 120 valence electrons. The van der Waals surface area contributed by atoms with Crippen molar-refractivity contribution >= 4 is 5.78 Å². The van der Waals surface area contributed by atoms with Gasteiger partial charge in [-0.2, -0.15) is 0 Å². The van der Waals surface area contributed by atoms with Gasteiger partial charge < -0.3 is 0 Å². The van der Waals surface area contributed by atoms with Crippen molar-refractivity contribution < 1.29 is 4.79 Å². The first kappa shape index (κ1) is 16.8. The SMILES string of the molecule is CCCCCC1CCC([C@H]2CC[C@H](CCC)CC2)=CC1=O. The van der Waals surface area contributed by atoms with Crippen LogP contribution in [0, 0.1) is 17.8 Å². The summed E-state index contributed by atoms with van der Waals surface area (Å²) in [5, 5.41) is 0. The van der Waals surface area contributed by atoms with Crippen LogP contribution in [0.25, 0.3) is 0 Å². The van der Waals surface area contributed by atoms with Crippen molar-refractivity contribution in [1.29, 1.82) is 0 Å². The molecule has 0 bridgehead atoms. The van der Waals surface area contributed by atoms with Crippen molar-refractivity contribution in [2.24, 2.45) is 17.8 Å². The highest BCUT2D eigenvalue weighted by atomic mass is 16.1. The molecule has 2 aliphatic rings. The van der Waals surface area contributed by atoms with E-state index in [0.717, 1.165) is 24.7 Å². The summed E-state index contributed by atoms with van der Waals surface area (Å²) in [7, 11) is 0. The summed E-state index contributed by atoms with van der Waals surface area (Å²) in [6, 6.07) is 0. The molecule has 0 heterocycles. The number of carbonyl (C=O) groups is 1. The quantitative estimate of drug-likeness (QED) is 0.519. The van der Waals surface area contributed by atoms with Crippen LogP contribution >= 0.6 is 0 Å². The molecule has 0 saturated heterocycles. The van der Waals surface area contributed by atoms with Crippen LogP contribution in [-0.4, -0.2) is 5.78 Å². The van der Waals surface area contributed by atoms with Crippen LogP contribution in [0.4, 0.5) is 0 Å². The molecule has 2 aliphatic carbocycles. The molecule has 0 spiro atoms. The monoisotopic (exact) mass is 290 g/mol. The van der Waals surface area contributed by atoms with Gasteiger partial charge in [-0.05, 0) is 62.9 Å². The molecule has 1 nitrogen and oxygen atoms in total. The smallest absolute Gasteiger partial charge is 0.158 e. The third-order valence-electron chi connectivity index (χ3n) is 5.74. The van der Waals surface area contributed by atoms with E-state index in [9.17, 15) is 4.79 Å². The molecular weight excluding hydrogens is 256 g/mol. The number of ketones is 1. The van der Waals surface area contributed by atoms with E-state index < -0.39 is 0 Å². The molecule has 1 saturated carbocycles. The highest BCUT2D eigenvalue weighted by Crippen LogP contribution is 2.39. The van der Waals surface area contributed by atoms with Crippen LogP contribution in [0.5, 0.6) is 0 Å². The lowest BCUT2D eigenvalue weighted by Crippen LogP contribution is -2.23. The molecular formula is C20H34O. The van der Waals surface area contributed by atoms with Crippen molar-refractivity contribution in [3.63, 3.8) is 0 Å². The molecule has 0 aromatic carbocycles. The summed E-state index contributed by atoms with van der Waals surface area (Å²) < 4.78 is 0. The maximum atomic E-state index is 12.3. The second kappa shape index (κ2) is 8.76. The number of carbonyl (C=O) groups excluding carboxylic acids is 1. The second-order valence-corrected chi connectivity index (χ2v) is 7.36. The Morgan fingerprint density at radius 1 is 0.952 bits per heavy atom. The summed E-state index contributed by atoms with van der Waals surface area (Å²) in [4.78, 5) is 12.3. The lowest BCUT2D eigenvalue weighted by atomic mass is 9.73. The fourth-order valence-corrected chi connectivity index (χ4v) is 4.34. The summed E-state index contributed by atoms with van der Waals surface area (Å²) in [5.74, 6) is 2.49. The Kier molecular flexibility index (Phi) is 6.99. The van der Waals surface area contributed by atoms with E-state index in [1.807, 2.05) is 0 Å². The largest absolute Gasteiger partial charge is 0.295 e. The van der Waals surface area contributed by atoms with Gasteiger partial charge >= 0.3 is 0 Å². The van der Waals surface area contributed by atoms with E-state index in [1.165, 1.54) is 69.8 Å². The predicted molar refractivity (Wildman–Crippen MR) is 90.3 cm³/mol. The predicted octanol–water partition coefficient (Wildman–Crippen LogP) is 6.08. The van der Waals surface area contributed by atoms with Gasteiger partial charge in [-0.15, -0.1) is 0 Å². The van der Waals surface area contributed by atoms with Gasteiger partial charge in [-0.25, -0.2) is 0 Å². The van der Waals surface area contributed by atoms with Gasteiger partial charge in [0.1, 0.15) is 0 Å². The maximum Gasteiger partial charge on any atom is 0.158 e. The van der Waals surface area contributed by atoms with Crippen LogP contribution in [0.2, 0.25) is 0 Å². The van der Waals surface area contributed by atoms with E-state index in [-0.39, 0.29) is 0 Å². The molecule has 0 radical (unpaired) electrons. The van der Waals surface area contributed by atoms with Crippen LogP contribution < -0.4 is 0 Å². The van der Waals surface area contributed by atoms with Crippen LogP contribution in [-0.2, 0) is 4.79 Å². The third-order valence-corrected chi connectivity index (χ3v) is 5.74. The third kappa shape index (κ3) is 4.97. The summed E-state index contributed by atoms with van der Waals surface area (Å²) in [6.07, 6.45) is 17.5. The molecule has 0 aromatic rings. The summed E-state index contributed by atoms with van der Waals surface area (Å²) in [5.41, 5.74) is 1.50. The van der Waals surface area contributed by atoms with E-state index in [0.29, 0.717) is 11.7 Å². The van der Waals surface area contributed by atoms with Gasteiger partial charge in [-0.3, -0.25) is 4.79 Å². The lowest BCUT2D eigenvalue weighted by molar-refractivity contribution is -0.119. The maximum absolute atomic E-state index is 12.3. The average molecular weight is 290 g/mol. The molecule has 1 unspecified atom stereocenters. The Balaban J connectivity index is 1.80. The zero-order valence-corrected chi connectivity index (χ0v) is 14.2. The van der Waals surface area contributed by atoms with Crippen LogP contribution in [0.1, 0.15) is 90.9 Å². The van der Waals surface area contributed by atoms with Gasteiger partial charge in [0.05, 0.1) is 0 Å². The van der Waals surface area contributed by atoms with E-state index in [4.69, 9.17) is 0 Å². The van der Waals surface area contributed by atoms with Crippen LogP contribution in [0.3, 0.4) is 0 Å². The fourth-order valence-electron chi connectivity index (χ4n) is 4.34. The minimum Gasteiger partial charge on any atom is -0.295 e. The zero-order valence-electron chi connectivity index (χ0n) is 14.2. The molecule has 0 amide bonds. The Morgan fingerprint density at radius 2 is 1.71 bits per heavy atom. The van der Waals surface area contributed by atoms with Crippen molar-refractivity contribution in [3.05, 3.63) is 11.6 Å². The summed E-state index contributed by atoms with van der Waals surface area (Å²) in [6.45, 7) is 4.53. The van der Waals surface area contributed by atoms with Gasteiger partial charge in [0, 0.05) is 5.92 Å². The van der Waals surface area contributed by atoms with Crippen molar-refractivity contribution in [3.8, 4) is 0 Å². The first-order valence-corrected chi connectivity index (χ1v) is 9.48. The minimum atomic E-state index is 0.344. The molecule has 1 atom stereocenters. The number of unbranched alkanes of at least 4 members (excludes halogenated alkanes) is 2. The van der Waals surface area contributed by atoms with Gasteiger partial charge in [0.25, 0.3) is 0 Å². The number of hydrogen-bond acceptors (Lipinski definition) is 1. The minimum absolute atomic E-state index is 0.344. The first-order valence-electron chi connectivity index (χ1n) is 9.48. The molecule has 1 heteroatoms. The molecule has 0 aliphatic heterocycles. The highest BCUT2D eigenvalue weighted by Gasteiger charge is 2.28. The van der Waals surface area contributed by atoms with E-state index >= 15 is 0 Å². The first-order chi connectivity index (χ1) is 10.2. The van der Waals surface area contributed by atoms with Crippen molar-refractivity contribution in [2.75, 3.05) is 0 Å². The Hall–Kier alpha value is -0.590. The number of allylic oxidation sites excluding steroid dienone is 2.